The summed E-state index contributed by atoms with van der Waals surface area (Å²) in [5.74, 6) is -0.120. The molecule has 0 aliphatic carbocycles. The minimum absolute atomic E-state index is 0.164. The lowest BCUT2D eigenvalue weighted by Crippen LogP contribution is -2.49. The maximum Gasteiger partial charge on any atom is 0.238 e. The zero-order valence-corrected chi connectivity index (χ0v) is 14.5. The number of amides is 1. The predicted octanol–water partition coefficient (Wildman–Crippen LogP) is 2.04. The third-order valence-electron chi connectivity index (χ3n) is 3.47. The van der Waals surface area contributed by atoms with Crippen LogP contribution in [0.2, 0.25) is 0 Å². The van der Waals surface area contributed by atoms with Gasteiger partial charge in [-0.05, 0) is 23.6 Å². The molecule has 0 aliphatic rings. The van der Waals surface area contributed by atoms with Crippen LogP contribution in [0.25, 0.3) is 0 Å². The van der Waals surface area contributed by atoms with Crippen molar-refractivity contribution in [1.82, 2.24) is 10.0 Å². The van der Waals surface area contributed by atoms with Crippen LogP contribution < -0.4 is 10.0 Å². The van der Waals surface area contributed by atoms with Gasteiger partial charge in [-0.1, -0.05) is 44.2 Å². The van der Waals surface area contributed by atoms with Crippen molar-refractivity contribution in [3.8, 4) is 0 Å². The second kappa shape index (κ2) is 8.12. The van der Waals surface area contributed by atoms with Gasteiger partial charge >= 0.3 is 0 Å². The van der Waals surface area contributed by atoms with Crippen molar-refractivity contribution >= 4 is 15.9 Å². The molecule has 24 heavy (non-hydrogen) atoms. The Morgan fingerprint density at radius 2 is 1.83 bits per heavy atom. The molecule has 1 aromatic carbocycles. The molecule has 1 heterocycles. The number of carbonyl (C=O) groups is 1. The summed E-state index contributed by atoms with van der Waals surface area (Å²) in [6.07, 6.45) is 1.52. The molecule has 0 aliphatic heterocycles. The smallest absolute Gasteiger partial charge is 0.238 e. The van der Waals surface area contributed by atoms with Gasteiger partial charge in [0.05, 0.1) is 18.6 Å². The van der Waals surface area contributed by atoms with Crippen LogP contribution in [0.1, 0.15) is 25.2 Å². The van der Waals surface area contributed by atoms with E-state index >= 15 is 0 Å². The van der Waals surface area contributed by atoms with Crippen LogP contribution in [-0.4, -0.2) is 20.4 Å². The highest BCUT2D eigenvalue weighted by molar-refractivity contribution is 7.88. The number of benzene rings is 1. The standard InChI is InChI=1S/C17H22N2O4S/c1-13(2)16(17(20)18-11-15-9-6-10-23-15)19-24(21,22)12-14-7-4-3-5-8-14/h3-10,13,16,19H,11-12H2,1-2H3,(H,18,20)/t16-/m1/s1. The minimum Gasteiger partial charge on any atom is -0.467 e. The summed E-state index contributed by atoms with van der Waals surface area (Å²) >= 11 is 0. The first-order valence-electron chi connectivity index (χ1n) is 7.71. The molecular formula is C17H22N2O4S. The summed E-state index contributed by atoms with van der Waals surface area (Å²) in [6, 6.07) is 11.5. The molecule has 0 fully saturated rings. The number of carbonyl (C=O) groups excluding carboxylic acids is 1. The van der Waals surface area contributed by atoms with Gasteiger partial charge in [0.2, 0.25) is 15.9 Å². The van der Waals surface area contributed by atoms with Crippen molar-refractivity contribution in [2.45, 2.75) is 32.2 Å². The van der Waals surface area contributed by atoms with Crippen molar-refractivity contribution in [3.05, 3.63) is 60.1 Å². The largest absolute Gasteiger partial charge is 0.467 e. The summed E-state index contributed by atoms with van der Waals surface area (Å²) in [4.78, 5) is 12.3. The minimum atomic E-state index is -3.63. The van der Waals surface area contributed by atoms with Gasteiger partial charge in [0, 0.05) is 0 Å². The Morgan fingerprint density at radius 3 is 2.42 bits per heavy atom. The molecule has 1 atom stereocenters. The van der Waals surface area contributed by atoms with E-state index in [1.807, 2.05) is 6.07 Å². The number of sulfonamides is 1. The Morgan fingerprint density at radius 1 is 1.12 bits per heavy atom. The van der Waals surface area contributed by atoms with E-state index in [9.17, 15) is 13.2 Å². The zero-order valence-electron chi connectivity index (χ0n) is 13.7. The van der Waals surface area contributed by atoms with Gasteiger partial charge in [-0.25, -0.2) is 13.1 Å². The predicted molar refractivity (Wildman–Crippen MR) is 91.4 cm³/mol. The fraction of sp³-hybridized carbons (Fsp3) is 0.353. The number of hydrogen-bond donors (Lipinski definition) is 2. The molecule has 6 nitrogen and oxygen atoms in total. The lowest BCUT2D eigenvalue weighted by atomic mass is 10.1. The Labute approximate surface area is 142 Å². The Bertz CT molecular complexity index is 740. The monoisotopic (exact) mass is 350 g/mol. The van der Waals surface area contributed by atoms with Gasteiger partial charge in [-0.15, -0.1) is 0 Å². The summed E-state index contributed by atoms with van der Waals surface area (Å²) in [7, 11) is -3.63. The highest BCUT2D eigenvalue weighted by atomic mass is 32.2. The van der Waals surface area contributed by atoms with Gasteiger partial charge in [0.15, 0.2) is 0 Å². The van der Waals surface area contributed by atoms with E-state index in [0.717, 1.165) is 0 Å². The van der Waals surface area contributed by atoms with E-state index in [1.54, 1.807) is 50.2 Å². The average Bonchev–Trinajstić information content (AvgIpc) is 3.04. The van der Waals surface area contributed by atoms with E-state index in [-0.39, 0.29) is 24.1 Å². The van der Waals surface area contributed by atoms with Crippen LogP contribution in [0.3, 0.4) is 0 Å². The van der Waals surface area contributed by atoms with Crippen LogP contribution in [0, 0.1) is 5.92 Å². The molecule has 1 aromatic heterocycles. The van der Waals surface area contributed by atoms with Crippen LogP contribution in [-0.2, 0) is 27.1 Å². The molecule has 1 amide bonds. The fourth-order valence-corrected chi connectivity index (χ4v) is 3.70. The van der Waals surface area contributed by atoms with Crippen LogP contribution >= 0.6 is 0 Å². The Kier molecular flexibility index (Phi) is 6.16. The molecule has 2 aromatic rings. The lowest BCUT2D eigenvalue weighted by molar-refractivity contribution is -0.123. The number of nitrogens with one attached hydrogen (secondary N) is 2. The van der Waals surface area contributed by atoms with E-state index < -0.39 is 16.1 Å². The van der Waals surface area contributed by atoms with Crippen molar-refractivity contribution in [2.75, 3.05) is 0 Å². The second-order valence-electron chi connectivity index (χ2n) is 5.88. The maximum absolute atomic E-state index is 12.3. The molecule has 0 spiro atoms. The maximum atomic E-state index is 12.3. The summed E-state index contributed by atoms with van der Waals surface area (Å²) in [5, 5.41) is 2.69. The average molecular weight is 350 g/mol. The lowest BCUT2D eigenvalue weighted by Gasteiger charge is -2.21. The number of furan rings is 1. The fourth-order valence-electron chi connectivity index (χ4n) is 2.22. The summed E-state index contributed by atoms with van der Waals surface area (Å²) in [5.41, 5.74) is 0.670. The van der Waals surface area contributed by atoms with Crippen LogP contribution in [0.15, 0.2) is 53.1 Å². The number of hydrogen-bond acceptors (Lipinski definition) is 4. The SMILES string of the molecule is CC(C)[C@@H](NS(=O)(=O)Cc1ccccc1)C(=O)NCc1ccco1. The first kappa shape index (κ1) is 18.2. The molecule has 0 radical (unpaired) electrons. The van der Waals surface area contributed by atoms with Crippen molar-refractivity contribution in [3.63, 3.8) is 0 Å². The number of rotatable bonds is 8. The van der Waals surface area contributed by atoms with Gasteiger partial charge in [-0.3, -0.25) is 4.79 Å². The molecule has 0 saturated carbocycles. The molecule has 130 valence electrons. The third-order valence-corrected chi connectivity index (χ3v) is 4.80. The first-order valence-corrected chi connectivity index (χ1v) is 9.36. The van der Waals surface area contributed by atoms with Gasteiger partial charge in [0.25, 0.3) is 0 Å². The van der Waals surface area contributed by atoms with Gasteiger partial charge in [0.1, 0.15) is 11.8 Å². The van der Waals surface area contributed by atoms with E-state index in [1.165, 1.54) is 6.26 Å². The topological polar surface area (TPSA) is 88.4 Å². The zero-order chi connectivity index (χ0) is 17.6. The molecule has 2 N–H and O–H groups in total. The van der Waals surface area contributed by atoms with E-state index in [0.29, 0.717) is 11.3 Å². The second-order valence-corrected chi connectivity index (χ2v) is 7.64. The van der Waals surface area contributed by atoms with Crippen molar-refractivity contribution < 1.29 is 17.6 Å². The van der Waals surface area contributed by atoms with E-state index in [2.05, 4.69) is 10.0 Å². The van der Waals surface area contributed by atoms with Crippen LogP contribution in [0.4, 0.5) is 0 Å². The van der Waals surface area contributed by atoms with E-state index in [4.69, 9.17) is 4.42 Å². The highest BCUT2D eigenvalue weighted by Gasteiger charge is 2.27. The van der Waals surface area contributed by atoms with Crippen molar-refractivity contribution in [2.24, 2.45) is 5.92 Å². The molecule has 2 rings (SSSR count). The van der Waals surface area contributed by atoms with Crippen LogP contribution in [0.5, 0.6) is 0 Å². The first-order chi connectivity index (χ1) is 11.4. The summed E-state index contributed by atoms with van der Waals surface area (Å²) in [6.45, 7) is 3.81. The highest BCUT2D eigenvalue weighted by Crippen LogP contribution is 2.09. The molecule has 0 bridgehead atoms. The molecular weight excluding hydrogens is 328 g/mol. The molecule has 0 saturated heterocycles. The van der Waals surface area contributed by atoms with Gasteiger partial charge in [-0.2, -0.15) is 0 Å². The van der Waals surface area contributed by atoms with Gasteiger partial charge < -0.3 is 9.73 Å². The Balaban J connectivity index is 2.00. The van der Waals surface area contributed by atoms with Crippen molar-refractivity contribution in [1.29, 1.82) is 0 Å². The molecule has 0 unspecified atom stereocenters. The Hall–Kier alpha value is -2.12. The third kappa shape index (κ3) is 5.50. The normalized spacial score (nSPS) is 13.0. The quantitative estimate of drug-likeness (QED) is 0.762. The summed E-state index contributed by atoms with van der Waals surface area (Å²) < 4.78 is 32.3. The molecule has 7 heteroatoms.